The summed E-state index contributed by atoms with van der Waals surface area (Å²) < 4.78 is 44.7. The van der Waals surface area contributed by atoms with Crippen LogP contribution >= 0.6 is 34.2 Å². The van der Waals surface area contributed by atoms with E-state index in [0.29, 0.717) is 0 Å². The number of methoxy groups -OCH3 is 1. The van der Waals surface area contributed by atoms with Crippen molar-refractivity contribution in [2.45, 2.75) is 6.36 Å². The van der Waals surface area contributed by atoms with E-state index in [9.17, 15) is 18.0 Å². The van der Waals surface area contributed by atoms with Crippen molar-refractivity contribution in [2.24, 2.45) is 0 Å². The van der Waals surface area contributed by atoms with Crippen LogP contribution in [0.25, 0.3) is 0 Å². The highest BCUT2D eigenvalue weighted by atomic mass is 127. The molecule has 0 atom stereocenters. The summed E-state index contributed by atoms with van der Waals surface area (Å²) in [4.78, 5) is 14.5. The SMILES string of the molecule is COc1c(OC(F)(F)F)ncc(I)c1C(=O)Cl. The monoisotopic (exact) mass is 381 g/mol. The number of pyridine rings is 1. The molecule has 1 aromatic rings. The molecule has 0 unspecified atom stereocenters. The van der Waals surface area contributed by atoms with Crippen molar-refractivity contribution in [1.29, 1.82) is 0 Å². The molecule has 94 valence electrons. The summed E-state index contributed by atoms with van der Waals surface area (Å²) in [5.41, 5.74) is -0.219. The van der Waals surface area contributed by atoms with Crippen LogP contribution in [0.2, 0.25) is 0 Å². The summed E-state index contributed by atoms with van der Waals surface area (Å²) in [5.74, 6) is -1.31. The first-order chi connectivity index (χ1) is 7.76. The molecule has 0 bridgehead atoms. The molecule has 0 aromatic carbocycles. The molecule has 0 radical (unpaired) electrons. The Morgan fingerprint density at radius 1 is 1.53 bits per heavy atom. The van der Waals surface area contributed by atoms with Gasteiger partial charge in [0.1, 0.15) is 0 Å². The van der Waals surface area contributed by atoms with Gasteiger partial charge >= 0.3 is 6.36 Å². The fourth-order valence-corrected chi connectivity index (χ4v) is 1.98. The molecular weight excluding hydrogens is 377 g/mol. The summed E-state index contributed by atoms with van der Waals surface area (Å²) in [6.45, 7) is 0. The molecule has 1 rings (SSSR count). The normalized spacial score (nSPS) is 11.2. The first kappa shape index (κ1) is 14.3. The average Bonchev–Trinajstić information content (AvgIpc) is 2.17. The van der Waals surface area contributed by atoms with Crippen LogP contribution < -0.4 is 9.47 Å². The van der Waals surface area contributed by atoms with Crippen LogP contribution in [0, 0.1) is 3.57 Å². The van der Waals surface area contributed by atoms with E-state index in [-0.39, 0.29) is 9.13 Å². The van der Waals surface area contributed by atoms with Crippen LogP contribution in [-0.4, -0.2) is 23.7 Å². The zero-order valence-corrected chi connectivity index (χ0v) is 11.1. The summed E-state index contributed by atoms with van der Waals surface area (Å²) >= 11 is 6.94. The van der Waals surface area contributed by atoms with E-state index in [1.165, 1.54) is 0 Å². The zero-order valence-electron chi connectivity index (χ0n) is 8.14. The van der Waals surface area contributed by atoms with Crippen LogP contribution in [-0.2, 0) is 0 Å². The third kappa shape index (κ3) is 3.60. The first-order valence-electron chi connectivity index (χ1n) is 3.94. The maximum atomic E-state index is 12.1. The highest BCUT2D eigenvalue weighted by Crippen LogP contribution is 2.35. The van der Waals surface area contributed by atoms with Crippen LogP contribution in [0.3, 0.4) is 0 Å². The van der Waals surface area contributed by atoms with E-state index in [1.807, 2.05) is 0 Å². The van der Waals surface area contributed by atoms with Crippen LogP contribution in [0.15, 0.2) is 6.20 Å². The Kier molecular flexibility index (Phi) is 4.42. The molecule has 9 heteroatoms. The first-order valence-corrected chi connectivity index (χ1v) is 5.40. The molecule has 17 heavy (non-hydrogen) atoms. The van der Waals surface area contributed by atoms with Gasteiger partial charge in [0, 0.05) is 9.77 Å². The fraction of sp³-hybridized carbons (Fsp3) is 0.250. The van der Waals surface area contributed by atoms with Gasteiger partial charge in [0.2, 0.25) is 0 Å². The minimum atomic E-state index is -4.93. The van der Waals surface area contributed by atoms with E-state index < -0.39 is 23.2 Å². The molecule has 0 amide bonds. The smallest absolute Gasteiger partial charge is 0.491 e. The van der Waals surface area contributed by atoms with Crippen molar-refractivity contribution in [1.82, 2.24) is 4.98 Å². The lowest BCUT2D eigenvalue weighted by Gasteiger charge is -2.13. The van der Waals surface area contributed by atoms with Gasteiger partial charge in [-0.3, -0.25) is 4.79 Å². The van der Waals surface area contributed by atoms with E-state index in [0.717, 1.165) is 13.3 Å². The Labute approximate surface area is 112 Å². The Balaban J connectivity index is 3.33. The van der Waals surface area contributed by atoms with Crippen molar-refractivity contribution >= 4 is 39.4 Å². The molecule has 0 aliphatic carbocycles. The van der Waals surface area contributed by atoms with E-state index in [2.05, 4.69) is 14.5 Å². The molecule has 0 fully saturated rings. The van der Waals surface area contributed by atoms with Crippen molar-refractivity contribution in [3.63, 3.8) is 0 Å². The lowest BCUT2D eigenvalue weighted by atomic mass is 10.2. The van der Waals surface area contributed by atoms with Gasteiger partial charge in [-0.05, 0) is 34.2 Å². The van der Waals surface area contributed by atoms with Crippen molar-refractivity contribution in [3.05, 3.63) is 15.3 Å². The Hall–Kier alpha value is -0.770. The second-order valence-electron chi connectivity index (χ2n) is 2.64. The van der Waals surface area contributed by atoms with Crippen molar-refractivity contribution < 1.29 is 27.4 Å². The number of nitrogens with zero attached hydrogens (tertiary/aromatic N) is 1. The van der Waals surface area contributed by atoms with E-state index in [1.54, 1.807) is 22.6 Å². The predicted octanol–water partition coefficient (Wildman–Crippen LogP) is 2.97. The number of alkyl halides is 3. The number of ether oxygens (including phenoxy) is 2. The van der Waals surface area contributed by atoms with Gasteiger partial charge in [-0.25, -0.2) is 4.98 Å². The second kappa shape index (κ2) is 5.25. The minimum absolute atomic E-state index is 0.219. The molecule has 0 aliphatic heterocycles. The maximum Gasteiger partial charge on any atom is 0.574 e. The number of rotatable bonds is 3. The molecule has 4 nitrogen and oxygen atoms in total. The van der Waals surface area contributed by atoms with Gasteiger partial charge in [-0.2, -0.15) is 0 Å². The highest BCUT2D eigenvalue weighted by molar-refractivity contribution is 14.1. The second-order valence-corrected chi connectivity index (χ2v) is 4.15. The molecule has 0 saturated heterocycles. The van der Waals surface area contributed by atoms with Gasteiger partial charge in [0.15, 0.2) is 5.75 Å². The van der Waals surface area contributed by atoms with E-state index >= 15 is 0 Å². The Morgan fingerprint density at radius 2 is 2.12 bits per heavy atom. The average molecular weight is 381 g/mol. The third-order valence-electron chi connectivity index (χ3n) is 1.57. The highest BCUT2D eigenvalue weighted by Gasteiger charge is 2.34. The van der Waals surface area contributed by atoms with Crippen molar-refractivity contribution in [2.75, 3.05) is 7.11 Å². The molecule has 1 heterocycles. The van der Waals surface area contributed by atoms with Gasteiger partial charge in [0.05, 0.1) is 12.7 Å². The van der Waals surface area contributed by atoms with Gasteiger partial charge in [-0.1, -0.05) is 0 Å². The van der Waals surface area contributed by atoms with Crippen molar-refractivity contribution in [3.8, 4) is 11.6 Å². The molecule has 0 spiro atoms. The fourth-order valence-electron chi connectivity index (χ4n) is 1.01. The molecule has 0 saturated carbocycles. The molecular formula is C8H4ClF3INO3. The zero-order chi connectivity index (χ0) is 13.2. The van der Waals surface area contributed by atoms with Gasteiger partial charge < -0.3 is 9.47 Å². The Morgan fingerprint density at radius 3 is 2.53 bits per heavy atom. The quantitative estimate of drug-likeness (QED) is 0.597. The van der Waals surface area contributed by atoms with Crippen LogP contribution in [0.4, 0.5) is 13.2 Å². The minimum Gasteiger partial charge on any atom is -0.491 e. The molecule has 0 aliphatic rings. The number of hydrogen-bond acceptors (Lipinski definition) is 4. The van der Waals surface area contributed by atoms with Gasteiger partial charge in [0.25, 0.3) is 11.1 Å². The number of carbonyl (C=O) groups is 1. The number of aromatic nitrogens is 1. The lowest BCUT2D eigenvalue weighted by molar-refractivity contribution is -0.276. The summed E-state index contributed by atoms with van der Waals surface area (Å²) in [7, 11) is 1.08. The maximum absolute atomic E-state index is 12.1. The van der Waals surface area contributed by atoms with Gasteiger partial charge in [-0.15, -0.1) is 13.2 Å². The Bertz CT molecular complexity index is 452. The lowest BCUT2D eigenvalue weighted by Crippen LogP contribution is -2.19. The number of hydrogen-bond donors (Lipinski definition) is 0. The molecule has 1 aromatic heterocycles. The summed E-state index contributed by atoms with van der Waals surface area (Å²) in [6.07, 6.45) is -3.90. The summed E-state index contributed by atoms with van der Waals surface area (Å²) in [6, 6.07) is 0. The summed E-state index contributed by atoms with van der Waals surface area (Å²) in [5, 5.41) is -0.958. The predicted molar refractivity (Wildman–Crippen MR) is 60.4 cm³/mol. The van der Waals surface area contributed by atoms with Crippen LogP contribution in [0.1, 0.15) is 10.4 Å². The third-order valence-corrected chi connectivity index (χ3v) is 2.58. The number of halogens is 5. The standard InChI is InChI=1S/C8H4ClF3INO3/c1-16-5-4(6(9)15)3(13)2-14-7(5)17-8(10,11)12/h2H,1H3. The largest absolute Gasteiger partial charge is 0.574 e. The number of carbonyl (C=O) groups excluding carboxylic acids is 1. The van der Waals surface area contributed by atoms with E-state index in [4.69, 9.17) is 11.6 Å². The van der Waals surface area contributed by atoms with Crippen LogP contribution in [0.5, 0.6) is 11.6 Å². The molecule has 0 N–H and O–H groups in total. The topological polar surface area (TPSA) is 48.4 Å².